The first-order valence-electron chi connectivity index (χ1n) is 5.85. The van der Waals surface area contributed by atoms with Gasteiger partial charge in [-0.05, 0) is 17.7 Å². The number of hydrogen-bond acceptors (Lipinski definition) is 6. The van der Waals surface area contributed by atoms with Crippen molar-refractivity contribution in [3.63, 3.8) is 0 Å². The van der Waals surface area contributed by atoms with E-state index in [2.05, 4.69) is 38.3 Å². The molecule has 19 heavy (non-hydrogen) atoms. The molecule has 0 bridgehead atoms. The maximum atomic E-state index is 5.68. The third-order valence-electron chi connectivity index (χ3n) is 2.80. The summed E-state index contributed by atoms with van der Waals surface area (Å²) in [4.78, 5) is 0. The Balaban J connectivity index is 1.76. The molecule has 1 aliphatic heterocycles. The van der Waals surface area contributed by atoms with Gasteiger partial charge in [-0.3, -0.25) is 0 Å². The van der Waals surface area contributed by atoms with Crippen molar-refractivity contribution in [2.24, 2.45) is 5.73 Å². The highest BCUT2D eigenvalue weighted by Gasteiger charge is 2.18. The lowest BCUT2D eigenvalue weighted by molar-refractivity contribution is 0.354. The molecule has 1 aromatic carbocycles. The van der Waals surface area contributed by atoms with Crippen molar-refractivity contribution in [2.75, 3.05) is 6.61 Å². The monoisotopic (exact) mass is 341 g/mol. The summed E-state index contributed by atoms with van der Waals surface area (Å²) in [6.07, 6.45) is 0.963. The van der Waals surface area contributed by atoms with E-state index in [0.29, 0.717) is 11.1 Å². The van der Waals surface area contributed by atoms with Crippen molar-refractivity contribution in [1.29, 1.82) is 0 Å². The van der Waals surface area contributed by atoms with E-state index in [4.69, 9.17) is 14.9 Å². The SMILES string of the molecule is NCc1nnc(SCc2cc(Br)cc3c2OCC3)o1. The molecule has 0 atom stereocenters. The van der Waals surface area contributed by atoms with Gasteiger partial charge in [0, 0.05) is 22.2 Å². The standard InChI is InChI=1S/C12H12BrN3O2S/c13-9-3-7-1-2-17-11(7)8(4-9)6-19-12-16-15-10(5-14)18-12/h3-4H,1-2,5-6,14H2. The first-order chi connectivity index (χ1) is 9.26. The van der Waals surface area contributed by atoms with Crippen LogP contribution < -0.4 is 10.5 Å². The minimum Gasteiger partial charge on any atom is -0.493 e. The lowest BCUT2D eigenvalue weighted by Gasteiger charge is -2.07. The van der Waals surface area contributed by atoms with Crippen LogP contribution in [0.25, 0.3) is 0 Å². The highest BCUT2D eigenvalue weighted by atomic mass is 79.9. The topological polar surface area (TPSA) is 74.2 Å². The zero-order valence-electron chi connectivity index (χ0n) is 10.1. The molecule has 1 aliphatic rings. The molecule has 0 spiro atoms. The second kappa shape index (κ2) is 5.52. The lowest BCUT2D eigenvalue weighted by atomic mass is 10.1. The molecule has 0 amide bonds. The summed E-state index contributed by atoms with van der Waals surface area (Å²) in [5.41, 5.74) is 7.82. The van der Waals surface area contributed by atoms with Gasteiger partial charge in [0.05, 0.1) is 13.2 Å². The van der Waals surface area contributed by atoms with E-state index >= 15 is 0 Å². The van der Waals surface area contributed by atoms with Gasteiger partial charge in [0.25, 0.3) is 5.22 Å². The summed E-state index contributed by atoms with van der Waals surface area (Å²) in [5.74, 6) is 2.18. The van der Waals surface area contributed by atoms with E-state index in [1.54, 1.807) is 0 Å². The molecule has 0 radical (unpaired) electrons. The number of ether oxygens (including phenoxy) is 1. The number of fused-ring (bicyclic) bond motifs is 1. The van der Waals surface area contributed by atoms with Gasteiger partial charge in [-0.15, -0.1) is 10.2 Å². The molecule has 5 nitrogen and oxygen atoms in total. The maximum absolute atomic E-state index is 5.68. The Morgan fingerprint density at radius 1 is 1.37 bits per heavy atom. The largest absolute Gasteiger partial charge is 0.493 e. The van der Waals surface area contributed by atoms with Crippen LogP contribution in [0.3, 0.4) is 0 Å². The molecule has 7 heteroatoms. The van der Waals surface area contributed by atoms with Gasteiger partial charge < -0.3 is 14.9 Å². The van der Waals surface area contributed by atoms with Crippen LogP contribution in [-0.2, 0) is 18.7 Å². The minimum absolute atomic E-state index is 0.267. The van der Waals surface area contributed by atoms with Crippen LogP contribution >= 0.6 is 27.7 Å². The van der Waals surface area contributed by atoms with Gasteiger partial charge in [0.1, 0.15) is 5.75 Å². The van der Waals surface area contributed by atoms with E-state index in [-0.39, 0.29) is 6.54 Å². The number of benzene rings is 1. The lowest BCUT2D eigenvalue weighted by Crippen LogP contribution is -1.95. The van der Waals surface area contributed by atoms with Gasteiger partial charge >= 0.3 is 0 Å². The Labute approximate surface area is 123 Å². The molecule has 1 aromatic heterocycles. The summed E-state index contributed by atoms with van der Waals surface area (Å²) >= 11 is 5.01. The Morgan fingerprint density at radius 2 is 2.26 bits per heavy atom. The highest BCUT2D eigenvalue weighted by Crippen LogP contribution is 2.36. The summed E-state index contributed by atoms with van der Waals surface area (Å²) in [7, 11) is 0. The van der Waals surface area contributed by atoms with Crippen LogP contribution in [0.15, 0.2) is 26.2 Å². The molecule has 2 aromatic rings. The van der Waals surface area contributed by atoms with Gasteiger partial charge in [0.15, 0.2) is 0 Å². The number of halogens is 1. The van der Waals surface area contributed by atoms with E-state index in [1.165, 1.54) is 17.3 Å². The summed E-state index contributed by atoms with van der Waals surface area (Å²) in [5, 5.41) is 8.30. The summed E-state index contributed by atoms with van der Waals surface area (Å²) < 4.78 is 12.1. The smallest absolute Gasteiger partial charge is 0.276 e. The van der Waals surface area contributed by atoms with Gasteiger partial charge in [-0.2, -0.15) is 0 Å². The number of hydrogen-bond donors (Lipinski definition) is 1. The number of rotatable bonds is 4. The summed E-state index contributed by atoms with van der Waals surface area (Å²) in [6, 6.07) is 4.17. The molecule has 0 unspecified atom stereocenters. The molecule has 100 valence electrons. The molecule has 0 saturated carbocycles. The quantitative estimate of drug-likeness (QED) is 0.861. The second-order valence-electron chi connectivity index (χ2n) is 4.11. The third-order valence-corrected chi connectivity index (χ3v) is 4.12. The van der Waals surface area contributed by atoms with Gasteiger partial charge in [-0.1, -0.05) is 27.7 Å². The normalized spacial score (nSPS) is 13.4. The fourth-order valence-corrected chi connectivity index (χ4v) is 3.27. The maximum Gasteiger partial charge on any atom is 0.276 e. The Hall–Kier alpha value is -1.05. The van der Waals surface area contributed by atoms with Crippen LogP contribution in [-0.4, -0.2) is 16.8 Å². The van der Waals surface area contributed by atoms with Crippen molar-refractivity contribution in [3.05, 3.63) is 33.6 Å². The fraction of sp³-hybridized carbons (Fsp3) is 0.333. The predicted octanol–water partition coefficient (Wildman–Crippen LogP) is 2.52. The molecule has 0 fully saturated rings. The zero-order chi connectivity index (χ0) is 13.2. The average Bonchev–Trinajstić information content (AvgIpc) is 3.03. The number of nitrogens with zero attached hydrogens (tertiary/aromatic N) is 2. The Kier molecular flexibility index (Phi) is 3.76. The number of thioether (sulfide) groups is 1. The number of aromatic nitrogens is 2. The van der Waals surface area contributed by atoms with Crippen LogP contribution in [0.4, 0.5) is 0 Å². The van der Waals surface area contributed by atoms with Crippen LogP contribution in [0.1, 0.15) is 17.0 Å². The zero-order valence-corrected chi connectivity index (χ0v) is 12.5. The second-order valence-corrected chi connectivity index (χ2v) is 5.95. The summed E-state index contributed by atoms with van der Waals surface area (Å²) in [6.45, 7) is 1.02. The first kappa shape index (κ1) is 13.0. The Bertz CT molecular complexity index is 603. The third kappa shape index (κ3) is 2.77. The minimum atomic E-state index is 0.267. The highest BCUT2D eigenvalue weighted by molar-refractivity contribution is 9.10. The van der Waals surface area contributed by atoms with E-state index < -0.39 is 0 Å². The number of nitrogens with two attached hydrogens (primary N) is 1. The van der Waals surface area contributed by atoms with Crippen molar-refractivity contribution in [3.8, 4) is 5.75 Å². The van der Waals surface area contributed by atoms with Crippen LogP contribution in [0, 0.1) is 0 Å². The van der Waals surface area contributed by atoms with E-state index in [1.807, 2.05) is 0 Å². The van der Waals surface area contributed by atoms with Crippen LogP contribution in [0.5, 0.6) is 5.75 Å². The van der Waals surface area contributed by atoms with Crippen molar-refractivity contribution < 1.29 is 9.15 Å². The molecule has 2 heterocycles. The first-order valence-corrected chi connectivity index (χ1v) is 7.63. The fourth-order valence-electron chi connectivity index (χ4n) is 1.97. The average molecular weight is 342 g/mol. The van der Waals surface area contributed by atoms with Crippen molar-refractivity contribution >= 4 is 27.7 Å². The van der Waals surface area contributed by atoms with Gasteiger partial charge in [-0.25, -0.2) is 0 Å². The molecule has 0 saturated heterocycles. The van der Waals surface area contributed by atoms with Gasteiger partial charge in [0.2, 0.25) is 5.89 Å². The molecule has 3 rings (SSSR count). The van der Waals surface area contributed by atoms with Crippen molar-refractivity contribution in [2.45, 2.75) is 23.9 Å². The van der Waals surface area contributed by atoms with Crippen molar-refractivity contribution in [1.82, 2.24) is 10.2 Å². The predicted molar refractivity (Wildman–Crippen MR) is 75.1 cm³/mol. The molecule has 0 aliphatic carbocycles. The molecular formula is C12H12BrN3O2S. The van der Waals surface area contributed by atoms with Crippen LogP contribution in [0.2, 0.25) is 0 Å². The van der Waals surface area contributed by atoms with E-state index in [0.717, 1.165) is 34.6 Å². The Morgan fingerprint density at radius 3 is 3.05 bits per heavy atom. The van der Waals surface area contributed by atoms with E-state index in [9.17, 15) is 0 Å². The molecular weight excluding hydrogens is 330 g/mol. The molecule has 2 N–H and O–H groups in total.